The van der Waals surface area contributed by atoms with Crippen LogP contribution in [-0.4, -0.2) is 23.9 Å². The number of anilines is 2. The first-order valence-electron chi connectivity index (χ1n) is 11.6. The van der Waals surface area contributed by atoms with Gasteiger partial charge in [0, 0.05) is 23.5 Å². The summed E-state index contributed by atoms with van der Waals surface area (Å²) >= 11 is 0. The molecule has 0 spiro atoms. The van der Waals surface area contributed by atoms with Crippen LogP contribution in [0.1, 0.15) is 40.9 Å². The zero-order valence-electron chi connectivity index (χ0n) is 20.5. The Balaban J connectivity index is 1.57. The van der Waals surface area contributed by atoms with Gasteiger partial charge in [-0.1, -0.05) is 55.8 Å². The minimum atomic E-state index is -0.676. The van der Waals surface area contributed by atoms with E-state index in [0.717, 1.165) is 16.7 Å². The molecule has 3 rings (SSSR count). The Morgan fingerprint density at radius 1 is 0.771 bits per heavy atom. The number of hydrogen-bond acceptors (Lipinski definition) is 3. The van der Waals surface area contributed by atoms with E-state index in [0.29, 0.717) is 16.9 Å². The monoisotopic (exact) mass is 472 g/mol. The van der Waals surface area contributed by atoms with Crippen LogP contribution < -0.4 is 21.3 Å². The second kappa shape index (κ2) is 11.8. The lowest BCUT2D eigenvalue weighted by Gasteiger charge is -2.22. The van der Waals surface area contributed by atoms with E-state index < -0.39 is 6.04 Å². The van der Waals surface area contributed by atoms with Crippen molar-refractivity contribution in [2.45, 2.75) is 40.3 Å². The maximum Gasteiger partial charge on any atom is 0.323 e. The fourth-order valence-electron chi connectivity index (χ4n) is 3.62. The number of aryl methyl sites for hydroxylation is 2. The molecule has 0 aliphatic heterocycles. The lowest BCUT2D eigenvalue weighted by Crippen LogP contribution is -2.49. The van der Waals surface area contributed by atoms with Crippen molar-refractivity contribution in [2.24, 2.45) is 5.92 Å². The number of urea groups is 1. The van der Waals surface area contributed by atoms with Gasteiger partial charge in [0.1, 0.15) is 6.04 Å². The minimum Gasteiger partial charge on any atom is -0.350 e. The number of benzene rings is 3. The van der Waals surface area contributed by atoms with Crippen LogP contribution in [0.3, 0.4) is 0 Å². The van der Waals surface area contributed by atoms with Crippen LogP contribution in [0.4, 0.5) is 16.2 Å². The van der Waals surface area contributed by atoms with E-state index in [4.69, 9.17) is 0 Å². The van der Waals surface area contributed by atoms with E-state index in [1.807, 2.05) is 76.2 Å². The van der Waals surface area contributed by atoms with Crippen LogP contribution in [0.15, 0.2) is 72.8 Å². The van der Waals surface area contributed by atoms with E-state index in [1.54, 1.807) is 24.3 Å². The fraction of sp³-hybridized carbons (Fsp3) is 0.250. The summed E-state index contributed by atoms with van der Waals surface area (Å²) in [5, 5.41) is 11.3. The first-order chi connectivity index (χ1) is 16.7. The topological polar surface area (TPSA) is 99.3 Å². The molecular weight excluding hydrogens is 440 g/mol. The number of carbonyl (C=O) groups is 3. The van der Waals surface area contributed by atoms with Crippen LogP contribution in [0.2, 0.25) is 0 Å². The lowest BCUT2D eigenvalue weighted by atomic mass is 10.0. The predicted octanol–water partition coefficient (Wildman–Crippen LogP) is 5.02. The van der Waals surface area contributed by atoms with Gasteiger partial charge in [0.05, 0.1) is 0 Å². The van der Waals surface area contributed by atoms with Crippen molar-refractivity contribution in [1.82, 2.24) is 10.6 Å². The van der Waals surface area contributed by atoms with Crippen LogP contribution >= 0.6 is 0 Å². The molecule has 3 aromatic rings. The lowest BCUT2D eigenvalue weighted by molar-refractivity contribution is -0.124. The molecule has 4 amide bonds. The molecule has 35 heavy (non-hydrogen) atoms. The summed E-state index contributed by atoms with van der Waals surface area (Å²) in [6.45, 7) is 7.91. The Labute approximate surface area is 206 Å². The quantitative estimate of drug-likeness (QED) is 0.370. The highest BCUT2D eigenvalue weighted by Gasteiger charge is 2.24. The maximum absolute atomic E-state index is 12.9. The molecule has 7 heteroatoms. The summed E-state index contributed by atoms with van der Waals surface area (Å²) in [6, 6.07) is 21.0. The fourth-order valence-corrected chi connectivity index (χ4v) is 3.62. The second-order valence-electron chi connectivity index (χ2n) is 8.93. The van der Waals surface area contributed by atoms with Crippen molar-refractivity contribution >= 4 is 29.2 Å². The SMILES string of the molecule is Cc1cccc(NC(=O)Nc2cccc(CNC(=O)C(NC(=O)c3cccc(C)c3)C(C)C)c2)c1. The first-order valence-corrected chi connectivity index (χ1v) is 11.6. The third-order valence-electron chi connectivity index (χ3n) is 5.44. The van der Waals surface area contributed by atoms with Crippen LogP contribution in [0.5, 0.6) is 0 Å². The van der Waals surface area contributed by atoms with Crippen LogP contribution in [-0.2, 0) is 11.3 Å². The number of nitrogens with one attached hydrogen (secondary N) is 4. The summed E-state index contributed by atoms with van der Waals surface area (Å²) in [4.78, 5) is 37.9. The van der Waals surface area contributed by atoms with E-state index in [9.17, 15) is 14.4 Å². The minimum absolute atomic E-state index is 0.0953. The summed E-state index contributed by atoms with van der Waals surface area (Å²) in [7, 11) is 0. The molecule has 182 valence electrons. The summed E-state index contributed by atoms with van der Waals surface area (Å²) in [5.74, 6) is -0.646. The highest BCUT2D eigenvalue weighted by Crippen LogP contribution is 2.14. The first kappa shape index (κ1) is 25.5. The Hall–Kier alpha value is -4.13. The van der Waals surface area contributed by atoms with E-state index in [2.05, 4.69) is 21.3 Å². The third kappa shape index (κ3) is 7.71. The number of carbonyl (C=O) groups excluding carboxylic acids is 3. The van der Waals surface area contributed by atoms with Gasteiger partial charge in [-0.05, 0) is 67.3 Å². The highest BCUT2D eigenvalue weighted by atomic mass is 16.2. The molecule has 1 unspecified atom stereocenters. The molecule has 0 aliphatic rings. The molecule has 0 saturated heterocycles. The zero-order chi connectivity index (χ0) is 25.4. The van der Waals surface area contributed by atoms with Gasteiger partial charge in [0.2, 0.25) is 5.91 Å². The smallest absolute Gasteiger partial charge is 0.323 e. The van der Waals surface area contributed by atoms with Crippen LogP contribution in [0, 0.1) is 19.8 Å². The van der Waals surface area contributed by atoms with Crippen molar-refractivity contribution in [3.63, 3.8) is 0 Å². The molecule has 0 radical (unpaired) electrons. The Kier molecular flexibility index (Phi) is 8.62. The number of amides is 4. The Morgan fingerprint density at radius 3 is 2.00 bits per heavy atom. The predicted molar refractivity (Wildman–Crippen MR) is 139 cm³/mol. The molecule has 3 aromatic carbocycles. The van der Waals surface area contributed by atoms with Gasteiger partial charge < -0.3 is 21.3 Å². The number of hydrogen-bond donors (Lipinski definition) is 4. The molecule has 0 aromatic heterocycles. The van der Waals surface area contributed by atoms with E-state index in [-0.39, 0.29) is 30.3 Å². The second-order valence-corrected chi connectivity index (χ2v) is 8.93. The van der Waals surface area contributed by atoms with E-state index >= 15 is 0 Å². The summed E-state index contributed by atoms with van der Waals surface area (Å²) < 4.78 is 0. The largest absolute Gasteiger partial charge is 0.350 e. The zero-order valence-corrected chi connectivity index (χ0v) is 20.5. The molecule has 4 N–H and O–H groups in total. The molecule has 0 aliphatic carbocycles. The maximum atomic E-state index is 12.9. The standard InChI is InChI=1S/C28H32N4O3/c1-18(2)25(32-26(33)22-11-5-8-19(3)14-22)27(34)29-17-21-10-7-13-24(16-21)31-28(35)30-23-12-6-9-20(4)15-23/h5-16,18,25H,17H2,1-4H3,(H,29,34)(H,32,33)(H2,30,31,35). The normalized spacial score (nSPS) is 11.5. The van der Waals surface area contributed by atoms with Gasteiger partial charge in [0.15, 0.2) is 0 Å². The summed E-state index contributed by atoms with van der Waals surface area (Å²) in [6.07, 6.45) is 0. The Morgan fingerprint density at radius 2 is 1.37 bits per heavy atom. The van der Waals surface area contributed by atoms with Crippen molar-refractivity contribution in [2.75, 3.05) is 10.6 Å². The van der Waals surface area contributed by atoms with Crippen molar-refractivity contribution in [3.8, 4) is 0 Å². The van der Waals surface area contributed by atoms with Crippen molar-refractivity contribution < 1.29 is 14.4 Å². The van der Waals surface area contributed by atoms with Gasteiger partial charge in [-0.2, -0.15) is 0 Å². The molecule has 0 heterocycles. The Bertz CT molecular complexity index is 1210. The van der Waals surface area contributed by atoms with Gasteiger partial charge >= 0.3 is 6.03 Å². The van der Waals surface area contributed by atoms with Crippen molar-refractivity contribution in [3.05, 3.63) is 95.1 Å². The molecule has 0 bridgehead atoms. The van der Waals surface area contributed by atoms with E-state index in [1.165, 1.54) is 0 Å². The highest BCUT2D eigenvalue weighted by molar-refractivity contribution is 6.00. The van der Waals surface area contributed by atoms with Gasteiger partial charge in [-0.15, -0.1) is 0 Å². The van der Waals surface area contributed by atoms with Crippen LogP contribution in [0.25, 0.3) is 0 Å². The average molecular weight is 473 g/mol. The molecule has 0 saturated carbocycles. The van der Waals surface area contributed by atoms with Gasteiger partial charge in [-0.3, -0.25) is 9.59 Å². The number of rotatable bonds is 8. The molecule has 0 fully saturated rings. The molecule has 1 atom stereocenters. The third-order valence-corrected chi connectivity index (χ3v) is 5.44. The van der Waals surface area contributed by atoms with Crippen molar-refractivity contribution in [1.29, 1.82) is 0 Å². The molecule has 7 nitrogen and oxygen atoms in total. The van der Waals surface area contributed by atoms with Gasteiger partial charge in [0.25, 0.3) is 5.91 Å². The van der Waals surface area contributed by atoms with Gasteiger partial charge in [-0.25, -0.2) is 4.79 Å². The molecular formula is C28H32N4O3. The average Bonchev–Trinajstić information content (AvgIpc) is 2.81. The summed E-state index contributed by atoms with van der Waals surface area (Å²) in [5.41, 5.74) is 4.68.